The number of aliphatic hydroxyl groups is 5. The molecular weight excluding hydrogens is 712 g/mol. The van der Waals surface area contributed by atoms with Gasteiger partial charge < -0.3 is 58.7 Å². The summed E-state index contributed by atoms with van der Waals surface area (Å²) in [4.78, 5) is 13.8. The first-order valence-electron chi connectivity index (χ1n) is 19.7. The molecule has 0 aliphatic carbocycles. The quantitative estimate of drug-likeness (QED) is 0.199. The third-order valence-corrected chi connectivity index (χ3v) is 11.8. The fourth-order valence-electron chi connectivity index (χ4n) is 8.23. The van der Waals surface area contributed by atoms with E-state index in [4.69, 9.17) is 33.2 Å². The first kappa shape index (κ1) is 47.2. The van der Waals surface area contributed by atoms with Crippen LogP contribution in [0.4, 0.5) is 0 Å². The van der Waals surface area contributed by atoms with Crippen molar-refractivity contribution in [3.8, 4) is 0 Å². The lowest BCUT2D eigenvalue weighted by Gasteiger charge is -2.51. The van der Waals surface area contributed by atoms with Crippen molar-refractivity contribution in [3.05, 3.63) is 47.3 Å². The van der Waals surface area contributed by atoms with Gasteiger partial charge in [0.05, 0.1) is 37.6 Å². The largest absolute Gasteiger partial charge is 0.490 e. The van der Waals surface area contributed by atoms with E-state index in [1.165, 1.54) is 21.3 Å². The highest BCUT2D eigenvalue weighted by Crippen LogP contribution is 2.43. The molecule has 0 bridgehead atoms. The zero-order chi connectivity index (χ0) is 41.5. The summed E-state index contributed by atoms with van der Waals surface area (Å²) in [6, 6.07) is 0. The molecule has 2 fully saturated rings. The maximum atomic E-state index is 13.8. The van der Waals surface area contributed by atoms with Crippen molar-refractivity contribution < 1.29 is 63.5 Å². The molecule has 0 radical (unpaired) electrons. The van der Waals surface area contributed by atoms with Crippen molar-refractivity contribution >= 4 is 5.97 Å². The SMILES string of the molecule is COC1=CC(C)=C[C@@H](C)[C@@H](O)[C@@H](C)CC(C)=CC=C[C@@H](OC)[C@@H]([C@@H](C)[C@@H](O)[C@@H](C)[C@@]2(O)C[C@@H](O[C@@H]3O[C@@H](C)[C@H](O)[C@H](O)[C@H]3OC)[C@@H](C)[C@@H](C(C)C)O2)OC1=O. The van der Waals surface area contributed by atoms with Gasteiger partial charge in [0.1, 0.15) is 30.5 Å². The van der Waals surface area contributed by atoms with E-state index in [0.29, 0.717) is 12.0 Å². The monoisotopic (exact) mass is 782 g/mol. The van der Waals surface area contributed by atoms with Gasteiger partial charge in [0, 0.05) is 44.3 Å². The van der Waals surface area contributed by atoms with Gasteiger partial charge in [-0.1, -0.05) is 83.9 Å². The molecule has 316 valence electrons. The van der Waals surface area contributed by atoms with Gasteiger partial charge in [-0.2, -0.15) is 0 Å². The smallest absolute Gasteiger partial charge is 0.373 e. The van der Waals surface area contributed by atoms with E-state index in [1.807, 2.05) is 66.7 Å². The zero-order valence-electron chi connectivity index (χ0n) is 35.1. The molecule has 2 saturated heterocycles. The van der Waals surface area contributed by atoms with Crippen LogP contribution in [0, 0.1) is 35.5 Å². The second-order valence-corrected chi connectivity index (χ2v) is 16.6. The average molecular weight is 783 g/mol. The van der Waals surface area contributed by atoms with Crippen LogP contribution in [0.5, 0.6) is 0 Å². The Bertz CT molecular complexity index is 1360. The Morgan fingerprint density at radius 3 is 2.16 bits per heavy atom. The number of hydrogen-bond donors (Lipinski definition) is 5. The second kappa shape index (κ2) is 20.5. The van der Waals surface area contributed by atoms with Crippen LogP contribution in [0.2, 0.25) is 0 Å². The fourth-order valence-corrected chi connectivity index (χ4v) is 8.23. The van der Waals surface area contributed by atoms with Gasteiger partial charge in [0.15, 0.2) is 12.1 Å². The highest BCUT2D eigenvalue weighted by Gasteiger charge is 2.54. The van der Waals surface area contributed by atoms with Crippen molar-refractivity contribution in [2.45, 2.75) is 155 Å². The highest BCUT2D eigenvalue weighted by atomic mass is 16.7. The first-order chi connectivity index (χ1) is 25.7. The minimum Gasteiger partial charge on any atom is -0.490 e. The molecular formula is C42H70O13. The predicted molar refractivity (Wildman–Crippen MR) is 206 cm³/mol. The predicted octanol–water partition coefficient (Wildman–Crippen LogP) is 4.20. The van der Waals surface area contributed by atoms with Crippen molar-refractivity contribution in [1.82, 2.24) is 0 Å². The normalized spacial score (nSPS) is 40.4. The van der Waals surface area contributed by atoms with Crippen LogP contribution in [0.3, 0.4) is 0 Å². The number of carbonyl (C=O) groups is 1. The summed E-state index contributed by atoms with van der Waals surface area (Å²) in [6.07, 6.45) is -0.670. The Morgan fingerprint density at radius 1 is 0.927 bits per heavy atom. The summed E-state index contributed by atoms with van der Waals surface area (Å²) in [6.45, 7) is 18.6. The fraction of sp³-hybridized carbons (Fsp3) is 0.786. The third-order valence-electron chi connectivity index (χ3n) is 11.8. The number of carbonyl (C=O) groups excluding carboxylic acids is 1. The molecule has 13 nitrogen and oxygen atoms in total. The molecule has 55 heavy (non-hydrogen) atoms. The molecule has 5 N–H and O–H groups in total. The lowest BCUT2D eigenvalue weighted by Crippen LogP contribution is -2.62. The maximum Gasteiger partial charge on any atom is 0.373 e. The molecule has 3 aliphatic rings. The molecule has 3 heterocycles. The van der Waals surface area contributed by atoms with Gasteiger partial charge in [-0.05, 0) is 45.1 Å². The Hall–Kier alpha value is -2.17. The number of esters is 1. The van der Waals surface area contributed by atoms with Crippen LogP contribution in [0.1, 0.15) is 82.1 Å². The van der Waals surface area contributed by atoms with E-state index in [1.54, 1.807) is 32.9 Å². The van der Waals surface area contributed by atoms with Crippen molar-refractivity contribution in [2.24, 2.45) is 35.5 Å². The topological polar surface area (TPSA) is 183 Å². The second-order valence-electron chi connectivity index (χ2n) is 16.6. The Labute approximate surface area is 328 Å². The van der Waals surface area contributed by atoms with Gasteiger partial charge in [0.2, 0.25) is 5.76 Å². The van der Waals surface area contributed by atoms with E-state index in [-0.39, 0.29) is 35.9 Å². The Balaban J connectivity index is 2.00. The molecule has 0 aromatic heterocycles. The standard InChI is InChI=1S/C42H70O13/c1-21(2)37-26(7)32(53-41-39(51-13)36(46)35(45)29(10)52-41)20-42(48,55-37)28(9)34(44)27(8)38-30(49-11)16-14-15-22(3)17-24(5)33(43)25(6)18-23(4)19-31(50-12)40(47)54-38/h14-16,18-19,21,24-30,32-39,41,43-46,48H,17,20H2,1-13H3/t24-,25+,26+,27-,28+,29-,30+,32+,33-,34+,35-,36-,37+,38+,39+,41-,42+/m0/s1. The Kier molecular flexibility index (Phi) is 17.6. The number of hydrogen-bond acceptors (Lipinski definition) is 13. The molecule has 13 heteroatoms. The summed E-state index contributed by atoms with van der Waals surface area (Å²) in [7, 11) is 4.25. The molecule has 0 amide bonds. The van der Waals surface area contributed by atoms with Gasteiger partial charge in [-0.15, -0.1) is 0 Å². The molecule has 3 rings (SSSR count). The highest BCUT2D eigenvalue weighted by molar-refractivity contribution is 5.87. The first-order valence-corrected chi connectivity index (χ1v) is 19.7. The van der Waals surface area contributed by atoms with E-state index in [0.717, 1.165) is 5.57 Å². The number of methoxy groups -OCH3 is 3. The summed E-state index contributed by atoms with van der Waals surface area (Å²) in [5, 5.41) is 56.6. The lowest BCUT2D eigenvalue weighted by molar-refractivity contribution is -0.362. The third kappa shape index (κ3) is 11.5. The molecule has 0 spiro atoms. The molecule has 0 aromatic rings. The van der Waals surface area contributed by atoms with Crippen LogP contribution in [-0.2, 0) is 38.0 Å². The van der Waals surface area contributed by atoms with Crippen LogP contribution in [0.25, 0.3) is 0 Å². The van der Waals surface area contributed by atoms with Crippen molar-refractivity contribution in [3.63, 3.8) is 0 Å². The number of aliphatic hydroxyl groups excluding tert-OH is 4. The van der Waals surface area contributed by atoms with Crippen LogP contribution < -0.4 is 0 Å². The molecule has 0 aromatic carbocycles. The van der Waals surface area contributed by atoms with E-state index >= 15 is 0 Å². The summed E-state index contributed by atoms with van der Waals surface area (Å²) in [5.74, 6) is -5.08. The minimum atomic E-state index is -1.92. The van der Waals surface area contributed by atoms with Crippen molar-refractivity contribution in [1.29, 1.82) is 0 Å². The van der Waals surface area contributed by atoms with Crippen LogP contribution in [0.15, 0.2) is 47.3 Å². The van der Waals surface area contributed by atoms with Gasteiger partial charge in [-0.25, -0.2) is 4.79 Å². The molecule has 17 atom stereocenters. The van der Waals surface area contributed by atoms with E-state index in [9.17, 15) is 30.3 Å². The number of allylic oxidation sites excluding steroid dienone is 5. The van der Waals surface area contributed by atoms with Gasteiger partial charge in [0.25, 0.3) is 0 Å². The maximum absolute atomic E-state index is 13.8. The zero-order valence-corrected chi connectivity index (χ0v) is 35.1. The van der Waals surface area contributed by atoms with Crippen molar-refractivity contribution in [2.75, 3.05) is 21.3 Å². The van der Waals surface area contributed by atoms with Gasteiger partial charge >= 0.3 is 5.97 Å². The number of ether oxygens (including phenoxy) is 7. The lowest BCUT2D eigenvalue weighted by atomic mass is 9.76. The summed E-state index contributed by atoms with van der Waals surface area (Å²) >= 11 is 0. The molecule has 3 aliphatic heterocycles. The summed E-state index contributed by atoms with van der Waals surface area (Å²) < 4.78 is 41.8. The minimum absolute atomic E-state index is 0.0363. The summed E-state index contributed by atoms with van der Waals surface area (Å²) in [5.41, 5.74) is 1.73. The van der Waals surface area contributed by atoms with Crippen LogP contribution in [-0.4, -0.2) is 126 Å². The molecule has 0 saturated carbocycles. The van der Waals surface area contributed by atoms with E-state index in [2.05, 4.69) is 0 Å². The Morgan fingerprint density at radius 2 is 1.58 bits per heavy atom. The average Bonchev–Trinajstić information content (AvgIpc) is 3.13. The van der Waals surface area contributed by atoms with Crippen LogP contribution >= 0.6 is 0 Å². The molecule has 0 unspecified atom stereocenters. The number of cyclic esters (lactones) is 1. The van der Waals surface area contributed by atoms with E-state index < -0.39 is 90.9 Å². The van der Waals surface area contributed by atoms with Gasteiger partial charge in [-0.3, -0.25) is 0 Å². The number of rotatable bonds is 10.